The van der Waals surface area contributed by atoms with Gasteiger partial charge in [-0.2, -0.15) is 11.8 Å². The second-order valence-corrected chi connectivity index (χ2v) is 4.55. The predicted octanol–water partition coefficient (Wildman–Crippen LogP) is 0.929. The molecule has 0 aromatic heterocycles. The van der Waals surface area contributed by atoms with Crippen molar-refractivity contribution in [3.63, 3.8) is 0 Å². The van der Waals surface area contributed by atoms with E-state index in [0.29, 0.717) is 6.04 Å². The molecule has 0 bridgehead atoms. The first-order chi connectivity index (χ1) is 6.11. The Morgan fingerprint density at radius 1 is 1.54 bits per heavy atom. The van der Waals surface area contributed by atoms with Crippen LogP contribution in [0.25, 0.3) is 0 Å². The zero-order valence-electron chi connectivity index (χ0n) is 8.08. The molecule has 1 saturated heterocycles. The Hall–Kier alpha value is -0.510. The van der Waals surface area contributed by atoms with E-state index in [1.54, 1.807) is 11.9 Å². The van der Waals surface area contributed by atoms with Gasteiger partial charge in [0, 0.05) is 18.8 Å². The highest BCUT2D eigenvalue weighted by Crippen LogP contribution is 2.21. The van der Waals surface area contributed by atoms with Crippen molar-refractivity contribution in [3.8, 4) is 0 Å². The SMILES string of the molecule is CC(=O)CC(=O)N(C)C1CCSC1. The third-order valence-electron chi connectivity index (χ3n) is 2.25. The molecule has 1 aliphatic heterocycles. The van der Waals surface area contributed by atoms with E-state index in [2.05, 4.69) is 0 Å². The number of thioether (sulfide) groups is 1. The number of hydrogen-bond acceptors (Lipinski definition) is 3. The highest BCUT2D eigenvalue weighted by molar-refractivity contribution is 7.99. The van der Waals surface area contributed by atoms with Crippen LogP contribution >= 0.6 is 11.8 Å². The maximum atomic E-state index is 11.4. The summed E-state index contributed by atoms with van der Waals surface area (Å²) in [6.07, 6.45) is 1.11. The molecule has 1 heterocycles. The zero-order valence-corrected chi connectivity index (χ0v) is 8.89. The molecule has 1 amide bonds. The summed E-state index contributed by atoms with van der Waals surface area (Å²) in [5.74, 6) is 2.05. The Labute approximate surface area is 82.9 Å². The predicted molar refractivity (Wildman–Crippen MR) is 53.8 cm³/mol. The largest absolute Gasteiger partial charge is 0.342 e. The van der Waals surface area contributed by atoms with Crippen molar-refractivity contribution < 1.29 is 9.59 Å². The van der Waals surface area contributed by atoms with Crippen molar-refractivity contribution in [1.29, 1.82) is 0 Å². The number of nitrogens with zero attached hydrogens (tertiary/aromatic N) is 1. The van der Waals surface area contributed by atoms with Crippen molar-refractivity contribution in [1.82, 2.24) is 4.90 Å². The second kappa shape index (κ2) is 4.65. The normalized spacial score (nSPS) is 21.5. The van der Waals surface area contributed by atoms with Gasteiger partial charge in [0.05, 0.1) is 6.42 Å². The first-order valence-corrected chi connectivity index (χ1v) is 5.59. The lowest BCUT2D eigenvalue weighted by Crippen LogP contribution is -2.37. The van der Waals surface area contributed by atoms with Crippen LogP contribution < -0.4 is 0 Å². The van der Waals surface area contributed by atoms with Gasteiger partial charge in [0.2, 0.25) is 5.91 Å². The average molecular weight is 201 g/mol. The van der Waals surface area contributed by atoms with Gasteiger partial charge in [0.15, 0.2) is 0 Å². The van der Waals surface area contributed by atoms with Gasteiger partial charge >= 0.3 is 0 Å². The Morgan fingerprint density at radius 3 is 2.69 bits per heavy atom. The molecule has 0 spiro atoms. The molecule has 0 aliphatic carbocycles. The standard InChI is InChI=1S/C9H15NO2S/c1-7(11)5-9(12)10(2)8-3-4-13-6-8/h8H,3-6H2,1-2H3. The van der Waals surface area contributed by atoms with Gasteiger partial charge in [-0.1, -0.05) is 0 Å². The fourth-order valence-corrected chi connectivity index (χ4v) is 2.64. The van der Waals surface area contributed by atoms with Gasteiger partial charge in [-0.15, -0.1) is 0 Å². The van der Waals surface area contributed by atoms with E-state index in [9.17, 15) is 9.59 Å². The van der Waals surface area contributed by atoms with Crippen molar-refractivity contribution >= 4 is 23.5 Å². The minimum Gasteiger partial charge on any atom is -0.342 e. The minimum atomic E-state index is -0.0532. The van der Waals surface area contributed by atoms with E-state index in [4.69, 9.17) is 0 Å². The molecular formula is C9H15NO2S. The number of carbonyl (C=O) groups is 2. The lowest BCUT2D eigenvalue weighted by Gasteiger charge is -2.23. The number of rotatable bonds is 3. The quantitative estimate of drug-likeness (QED) is 0.637. The maximum Gasteiger partial charge on any atom is 0.230 e. The van der Waals surface area contributed by atoms with Gasteiger partial charge < -0.3 is 4.90 Å². The van der Waals surface area contributed by atoms with E-state index in [0.717, 1.165) is 17.9 Å². The fraction of sp³-hybridized carbons (Fsp3) is 0.778. The molecule has 0 aromatic carbocycles. The van der Waals surface area contributed by atoms with Crippen LogP contribution in [0.15, 0.2) is 0 Å². The summed E-state index contributed by atoms with van der Waals surface area (Å²) in [6.45, 7) is 1.45. The molecule has 3 nitrogen and oxygen atoms in total. The molecule has 0 saturated carbocycles. The van der Waals surface area contributed by atoms with Crippen LogP contribution in [0.1, 0.15) is 19.8 Å². The summed E-state index contributed by atoms with van der Waals surface area (Å²) >= 11 is 1.87. The van der Waals surface area contributed by atoms with Crippen LogP contribution in [0, 0.1) is 0 Å². The van der Waals surface area contributed by atoms with Crippen LogP contribution in [0.3, 0.4) is 0 Å². The molecule has 0 radical (unpaired) electrons. The van der Waals surface area contributed by atoms with Crippen LogP contribution in [-0.2, 0) is 9.59 Å². The lowest BCUT2D eigenvalue weighted by atomic mass is 10.2. The summed E-state index contributed by atoms with van der Waals surface area (Å²) in [6, 6.07) is 0.344. The fourth-order valence-electron chi connectivity index (χ4n) is 1.37. The summed E-state index contributed by atoms with van der Waals surface area (Å²) in [5, 5.41) is 0. The monoisotopic (exact) mass is 201 g/mol. The van der Waals surface area contributed by atoms with Crippen molar-refractivity contribution in [3.05, 3.63) is 0 Å². The molecule has 1 rings (SSSR count). The van der Waals surface area contributed by atoms with Gasteiger partial charge in [0.25, 0.3) is 0 Å². The van der Waals surface area contributed by atoms with Crippen LogP contribution in [0.5, 0.6) is 0 Å². The molecule has 74 valence electrons. The molecule has 4 heteroatoms. The third-order valence-corrected chi connectivity index (χ3v) is 3.39. The van der Waals surface area contributed by atoms with E-state index < -0.39 is 0 Å². The first kappa shape index (κ1) is 10.6. The number of hydrogen-bond donors (Lipinski definition) is 0. The first-order valence-electron chi connectivity index (χ1n) is 4.44. The molecular weight excluding hydrogens is 186 g/mol. The Bertz CT molecular complexity index is 212. The number of carbonyl (C=O) groups excluding carboxylic acids is 2. The Balaban J connectivity index is 2.41. The molecule has 1 unspecified atom stereocenters. The Kier molecular flexibility index (Phi) is 3.78. The van der Waals surface area contributed by atoms with Gasteiger partial charge in [-0.25, -0.2) is 0 Å². The lowest BCUT2D eigenvalue weighted by molar-refractivity contribution is -0.135. The Morgan fingerprint density at radius 2 is 2.23 bits per heavy atom. The summed E-state index contributed by atoms with van der Waals surface area (Å²) in [7, 11) is 1.79. The molecule has 1 aliphatic rings. The number of Topliss-reactive ketones (excluding diaryl/α,β-unsaturated/α-hetero) is 1. The van der Waals surface area contributed by atoms with E-state index in [1.807, 2.05) is 11.8 Å². The van der Waals surface area contributed by atoms with Crippen molar-refractivity contribution in [2.24, 2.45) is 0 Å². The third kappa shape index (κ3) is 3.03. The second-order valence-electron chi connectivity index (χ2n) is 3.40. The summed E-state index contributed by atoms with van der Waals surface area (Å²) < 4.78 is 0. The molecule has 0 aromatic rings. The topological polar surface area (TPSA) is 37.4 Å². The number of ketones is 1. The average Bonchev–Trinajstić information content (AvgIpc) is 2.53. The van der Waals surface area contributed by atoms with Crippen molar-refractivity contribution in [2.75, 3.05) is 18.6 Å². The highest BCUT2D eigenvalue weighted by atomic mass is 32.2. The van der Waals surface area contributed by atoms with Crippen LogP contribution in [0.2, 0.25) is 0 Å². The highest BCUT2D eigenvalue weighted by Gasteiger charge is 2.23. The summed E-state index contributed by atoms with van der Waals surface area (Å²) in [4.78, 5) is 23.9. The smallest absolute Gasteiger partial charge is 0.230 e. The van der Waals surface area contributed by atoms with Crippen LogP contribution in [0.4, 0.5) is 0 Å². The van der Waals surface area contributed by atoms with E-state index >= 15 is 0 Å². The molecule has 0 N–H and O–H groups in total. The maximum absolute atomic E-state index is 11.4. The van der Waals surface area contributed by atoms with Gasteiger partial charge in [-0.3, -0.25) is 9.59 Å². The van der Waals surface area contributed by atoms with E-state index in [-0.39, 0.29) is 18.1 Å². The summed E-state index contributed by atoms with van der Waals surface area (Å²) in [5.41, 5.74) is 0. The zero-order chi connectivity index (χ0) is 9.84. The molecule has 13 heavy (non-hydrogen) atoms. The van der Waals surface area contributed by atoms with Gasteiger partial charge in [-0.05, 0) is 19.1 Å². The molecule has 1 atom stereocenters. The van der Waals surface area contributed by atoms with E-state index in [1.165, 1.54) is 6.92 Å². The molecule has 1 fully saturated rings. The van der Waals surface area contributed by atoms with Crippen LogP contribution in [-0.4, -0.2) is 41.2 Å². The van der Waals surface area contributed by atoms with Crippen molar-refractivity contribution in [2.45, 2.75) is 25.8 Å². The number of amides is 1. The minimum absolute atomic E-state index is 0.0417. The van der Waals surface area contributed by atoms with Gasteiger partial charge in [0.1, 0.15) is 5.78 Å².